The molecule has 0 heterocycles. The van der Waals surface area contributed by atoms with Gasteiger partial charge >= 0.3 is 0 Å². The minimum atomic E-state index is -0.770. The van der Waals surface area contributed by atoms with Gasteiger partial charge in [0.05, 0.1) is 0 Å². The van der Waals surface area contributed by atoms with E-state index in [0.717, 1.165) is 17.1 Å². The Morgan fingerprint density at radius 3 is 2.40 bits per heavy atom. The van der Waals surface area contributed by atoms with Crippen molar-refractivity contribution >= 4 is 23.5 Å². The molecule has 0 spiro atoms. The van der Waals surface area contributed by atoms with Crippen molar-refractivity contribution in [3.8, 4) is 0 Å². The zero-order valence-corrected chi connectivity index (χ0v) is 10.8. The first-order chi connectivity index (χ1) is 7.11. The molecule has 0 unspecified atom stereocenters. The van der Waals surface area contributed by atoms with Crippen LogP contribution in [-0.2, 0) is 4.99 Å². The number of hydrogen-bond acceptors (Lipinski definition) is 4. The Hall–Kier alpha value is -0.160. The van der Waals surface area contributed by atoms with Crippen LogP contribution in [0.2, 0.25) is 0 Å². The quantitative estimate of drug-likeness (QED) is 0.615. The molecule has 0 saturated carbocycles. The van der Waals surface area contributed by atoms with Gasteiger partial charge in [0.25, 0.3) is 0 Å². The lowest BCUT2D eigenvalue weighted by Crippen LogP contribution is -2.43. The van der Waals surface area contributed by atoms with Crippen LogP contribution in [0.3, 0.4) is 0 Å². The molecule has 0 aromatic heterocycles. The Labute approximate surface area is 100 Å². The molecular formula is C11H18N2S2. The van der Waals surface area contributed by atoms with Gasteiger partial charge in [0.1, 0.15) is 4.99 Å². The fourth-order valence-electron chi connectivity index (χ4n) is 1.39. The molecule has 0 saturated heterocycles. The van der Waals surface area contributed by atoms with Gasteiger partial charge in [0, 0.05) is 10.5 Å². The second kappa shape index (κ2) is 5.80. The number of hydrogen-bond donors (Lipinski definition) is 2. The summed E-state index contributed by atoms with van der Waals surface area (Å²) in [4.78, 5) is 0.416. The third-order valence-corrected chi connectivity index (χ3v) is 3.93. The second-order valence-electron chi connectivity index (χ2n) is 3.16. The van der Waals surface area contributed by atoms with Crippen LogP contribution in [0.4, 0.5) is 0 Å². The van der Waals surface area contributed by atoms with Gasteiger partial charge in [-0.15, -0.1) is 23.5 Å². The lowest BCUT2D eigenvalue weighted by molar-refractivity contribution is 0.680. The number of thioether (sulfide) groups is 2. The molecule has 2 nitrogen and oxygen atoms in total. The lowest BCUT2D eigenvalue weighted by Gasteiger charge is -2.26. The van der Waals surface area contributed by atoms with E-state index in [9.17, 15) is 0 Å². The van der Waals surface area contributed by atoms with E-state index < -0.39 is 4.99 Å². The maximum Gasteiger partial charge on any atom is 0.139 e. The highest BCUT2D eigenvalue weighted by molar-refractivity contribution is 8.00. The predicted molar refractivity (Wildman–Crippen MR) is 71.0 cm³/mol. The second-order valence-corrected chi connectivity index (χ2v) is 6.00. The van der Waals surface area contributed by atoms with Crippen molar-refractivity contribution in [2.24, 2.45) is 11.5 Å². The van der Waals surface area contributed by atoms with Crippen LogP contribution < -0.4 is 11.5 Å². The van der Waals surface area contributed by atoms with Crippen LogP contribution in [0, 0.1) is 0 Å². The molecule has 0 amide bonds. The summed E-state index contributed by atoms with van der Waals surface area (Å²) < 4.78 is 0. The van der Waals surface area contributed by atoms with E-state index >= 15 is 0 Å². The van der Waals surface area contributed by atoms with Crippen molar-refractivity contribution in [3.63, 3.8) is 0 Å². The summed E-state index contributed by atoms with van der Waals surface area (Å²) >= 11 is 3.35. The van der Waals surface area contributed by atoms with E-state index in [-0.39, 0.29) is 0 Å². The Balaban J connectivity index is 3.00. The lowest BCUT2D eigenvalue weighted by atomic mass is 10.2. The van der Waals surface area contributed by atoms with Crippen LogP contribution >= 0.6 is 23.5 Å². The van der Waals surface area contributed by atoms with Crippen molar-refractivity contribution in [2.45, 2.75) is 23.7 Å². The summed E-state index contributed by atoms with van der Waals surface area (Å²) in [5.41, 5.74) is 13.2. The number of rotatable bonds is 5. The fraction of sp³-hybridized carbons (Fsp3) is 0.455. The maximum atomic E-state index is 6.11. The van der Waals surface area contributed by atoms with Crippen LogP contribution in [0.5, 0.6) is 0 Å². The van der Waals surface area contributed by atoms with Crippen molar-refractivity contribution in [1.82, 2.24) is 0 Å². The van der Waals surface area contributed by atoms with E-state index in [4.69, 9.17) is 11.5 Å². The molecular weight excluding hydrogens is 224 g/mol. The van der Waals surface area contributed by atoms with Crippen LogP contribution in [0.25, 0.3) is 0 Å². The Kier molecular flexibility index (Phi) is 4.99. The van der Waals surface area contributed by atoms with Gasteiger partial charge in [0.15, 0.2) is 0 Å². The molecule has 15 heavy (non-hydrogen) atoms. The van der Waals surface area contributed by atoms with Crippen molar-refractivity contribution in [2.75, 3.05) is 11.5 Å². The molecule has 4 heteroatoms. The molecule has 0 aliphatic heterocycles. The summed E-state index contributed by atoms with van der Waals surface area (Å²) in [6, 6.07) is 8.10. The summed E-state index contributed by atoms with van der Waals surface area (Å²) in [5.74, 6) is 1.95. The molecule has 1 rings (SSSR count). The van der Waals surface area contributed by atoms with Gasteiger partial charge in [-0.25, -0.2) is 0 Å². The van der Waals surface area contributed by atoms with Gasteiger partial charge in [0.2, 0.25) is 0 Å². The Morgan fingerprint density at radius 1 is 1.13 bits per heavy atom. The van der Waals surface area contributed by atoms with E-state index in [2.05, 4.69) is 19.9 Å². The van der Waals surface area contributed by atoms with Crippen LogP contribution in [-0.4, -0.2) is 11.5 Å². The number of nitrogens with two attached hydrogens (primary N) is 2. The summed E-state index contributed by atoms with van der Waals surface area (Å²) in [6.45, 7) is 4.19. The van der Waals surface area contributed by atoms with Gasteiger partial charge < -0.3 is 11.5 Å². The number of benzene rings is 1. The van der Waals surface area contributed by atoms with Gasteiger partial charge in [-0.1, -0.05) is 32.0 Å². The highest BCUT2D eigenvalue weighted by atomic mass is 32.2. The molecule has 0 aliphatic carbocycles. The fourth-order valence-corrected chi connectivity index (χ4v) is 3.14. The highest BCUT2D eigenvalue weighted by Crippen LogP contribution is 2.33. The van der Waals surface area contributed by atoms with E-state index in [0.29, 0.717) is 0 Å². The zero-order valence-electron chi connectivity index (χ0n) is 9.19. The summed E-state index contributed by atoms with van der Waals surface area (Å²) in [6.07, 6.45) is 0. The van der Waals surface area contributed by atoms with Gasteiger partial charge in [-0.05, 0) is 17.6 Å². The third kappa shape index (κ3) is 3.41. The molecule has 0 aliphatic rings. The molecule has 0 radical (unpaired) electrons. The minimum Gasteiger partial charge on any atom is -0.301 e. The smallest absolute Gasteiger partial charge is 0.139 e. The molecule has 4 N–H and O–H groups in total. The Morgan fingerprint density at radius 2 is 1.80 bits per heavy atom. The first-order valence-corrected chi connectivity index (χ1v) is 7.03. The topological polar surface area (TPSA) is 52.0 Å². The molecule has 84 valence electrons. The standard InChI is InChI=1S/C11H18N2S2/c1-3-14-10-8-6-5-7-9(10)11(12,13)15-4-2/h5-8H,3-4,12-13H2,1-2H3. The van der Waals surface area contributed by atoms with Crippen molar-refractivity contribution in [3.05, 3.63) is 29.8 Å². The minimum absolute atomic E-state index is 0.770. The first-order valence-electron chi connectivity index (χ1n) is 5.05. The van der Waals surface area contributed by atoms with Gasteiger partial charge in [-0.2, -0.15) is 0 Å². The van der Waals surface area contributed by atoms with Crippen molar-refractivity contribution < 1.29 is 0 Å². The van der Waals surface area contributed by atoms with E-state index in [1.54, 1.807) is 23.5 Å². The maximum absolute atomic E-state index is 6.11. The average molecular weight is 242 g/mol. The highest BCUT2D eigenvalue weighted by Gasteiger charge is 2.24. The van der Waals surface area contributed by atoms with E-state index in [1.165, 1.54) is 4.90 Å². The van der Waals surface area contributed by atoms with E-state index in [1.807, 2.05) is 18.2 Å². The van der Waals surface area contributed by atoms with Crippen LogP contribution in [0.1, 0.15) is 19.4 Å². The largest absolute Gasteiger partial charge is 0.301 e. The first kappa shape index (κ1) is 12.9. The molecule has 0 fully saturated rings. The zero-order chi connectivity index (χ0) is 11.3. The average Bonchev–Trinajstić information content (AvgIpc) is 2.19. The monoisotopic (exact) mass is 242 g/mol. The molecule has 1 aromatic carbocycles. The normalized spacial score (nSPS) is 11.7. The summed E-state index contributed by atoms with van der Waals surface area (Å²) in [5, 5.41) is 0. The predicted octanol–water partition coefficient (Wildman–Crippen LogP) is 2.58. The summed E-state index contributed by atoms with van der Waals surface area (Å²) in [7, 11) is 0. The third-order valence-electron chi connectivity index (χ3n) is 1.99. The molecule has 0 atom stereocenters. The van der Waals surface area contributed by atoms with Crippen LogP contribution in [0.15, 0.2) is 29.2 Å². The molecule has 0 bridgehead atoms. The van der Waals surface area contributed by atoms with Gasteiger partial charge in [-0.3, -0.25) is 0 Å². The molecule has 1 aromatic rings. The SMILES string of the molecule is CCSc1ccccc1C(N)(N)SCC. The Bertz CT molecular complexity index is 313. The van der Waals surface area contributed by atoms with Crippen molar-refractivity contribution in [1.29, 1.82) is 0 Å².